The van der Waals surface area contributed by atoms with Crippen LogP contribution in [-0.2, 0) is 6.42 Å². The third-order valence-corrected chi connectivity index (χ3v) is 1.61. The predicted octanol–water partition coefficient (Wildman–Crippen LogP) is 3.16. The highest BCUT2D eigenvalue weighted by Crippen LogP contribution is 1.99. The zero-order chi connectivity index (χ0) is 8.65. The number of hydrogen-bond donors (Lipinski definition) is 0. The van der Waals surface area contributed by atoms with Crippen molar-refractivity contribution in [3.05, 3.63) is 60.7 Å². The second-order valence-corrected chi connectivity index (χ2v) is 2.61. The minimum atomic E-state index is 0.957. The normalized spacial score (nSPS) is 10.3. The van der Waals surface area contributed by atoms with Crippen LogP contribution in [0.15, 0.2) is 49.1 Å². The molecule has 0 aliphatic heterocycles. The summed E-state index contributed by atoms with van der Waals surface area (Å²) >= 11 is 0. The van der Waals surface area contributed by atoms with Gasteiger partial charge in [-0.05, 0) is 24.5 Å². The molecule has 0 fully saturated rings. The molecule has 12 heavy (non-hydrogen) atoms. The molecule has 1 radical (unpaired) electrons. The number of allylic oxidation sites excluding steroid dienone is 3. The van der Waals surface area contributed by atoms with Gasteiger partial charge in [0.2, 0.25) is 0 Å². The average molecular weight is 157 g/mol. The van der Waals surface area contributed by atoms with E-state index in [9.17, 15) is 0 Å². The SMILES string of the molecule is C=CCC=CCc1cc[c]cc1. The van der Waals surface area contributed by atoms with Gasteiger partial charge >= 0.3 is 0 Å². The van der Waals surface area contributed by atoms with Crippen LogP contribution in [0.25, 0.3) is 0 Å². The maximum Gasteiger partial charge on any atom is -0.00973 e. The Morgan fingerprint density at radius 3 is 2.67 bits per heavy atom. The number of benzene rings is 1. The van der Waals surface area contributed by atoms with Crippen molar-refractivity contribution in [1.82, 2.24) is 0 Å². The molecule has 0 aliphatic rings. The fourth-order valence-corrected chi connectivity index (χ4v) is 0.969. The summed E-state index contributed by atoms with van der Waals surface area (Å²) in [7, 11) is 0. The summed E-state index contributed by atoms with van der Waals surface area (Å²) in [6.45, 7) is 3.65. The van der Waals surface area contributed by atoms with Gasteiger partial charge in [-0.15, -0.1) is 6.58 Å². The van der Waals surface area contributed by atoms with E-state index in [4.69, 9.17) is 0 Å². The lowest BCUT2D eigenvalue weighted by atomic mass is 10.1. The van der Waals surface area contributed by atoms with Crippen molar-refractivity contribution in [3.8, 4) is 0 Å². The Labute approximate surface area is 74.2 Å². The van der Waals surface area contributed by atoms with E-state index < -0.39 is 0 Å². The van der Waals surface area contributed by atoms with E-state index in [1.54, 1.807) is 0 Å². The van der Waals surface area contributed by atoms with Crippen LogP contribution >= 0.6 is 0 Å². The summed E-state index contributed by atoms with van der Waals surface area (Å²) in [4.78, 5) is 0. The molecule has 0 N–H and O–H groups in total. The van der Waals surface area contributed by atoms with Gasteiger partial charge in [-0.25, -0.2) is 0 Å². The van der Waals surface area contributed by atoms with Crippen molar-refractivity contribution in [2.75, 3.05) is 0 Å². The summed E-state index contributed by atoms with van der Waals surface area (Å²) in [5.74, 6) is 0. The molecule has 0 saturated carbocycles. The summed E-state index contributed by atoms with van der Waals surface area (Å²) in [5, 5.41) is 0. The fourth-order valence-electron chi connectivity index (χ4n) is 0.969. The zero-order valence-corrected chi connectivity index (χ0v) is 7.16. The molecule has 0 heteroatoms. The molecule has 0 saturated heterocycles. The van der Waals surface area contributed by atoms with Gasteiger partial charge in [-0.3, -0.25) is 0 Å². The summed E-state index contributed by atoms with van der Waals surface area (Å²) < 4.78 is 0. The molecule has 0 nitrogen and oxygen atoms in total. The fraction of sp³-hybridized carbons (Fsp3) is 0.167. The van der Waals surface area contributed by atoms with Crippen molar-refractivity contribution in [1.29, 1.82) is 0 Å². The van der Waals surface area contributed by atoms with E-state index in [0.29, 0.717) is 0 Å². The highest BCUT2D eigenvalue weighted by molar-refractivity contribution is 5.16. The molecular weight excluding hydrogens is 144 g/mol. The van der Waals surface area contributed by atoms with Gasteiger partial charge in [0.15, 0.2) is 0 Å². The third-order valence-electron chi connectivity index (χ3n) is 1.61. The lowest BCUT2D eigenvalue weighted by Gasteiger charge is -1.92. The summed E-state index contributed by atoms with van der Waals surface area (Å²) in [5.41, 5.74) is 1.33. The molecule has 1 rings (SSSR count). The third kappa shape index (κ3) is 3.20. The molecule has 0 aliphatic carbocycles. The minimum absolute atomic E-state index is 0.957. The Hall–Kier alpha value is -1.30. The molecule has 0 amide bonds. The van der Waals surface area contributed by atoms with Crippen LogP contribution in [0.4, 0.5) is 0 Å². The Bertz CT molecular complexity index is 244. The highest BCUT2D eigenvalue weighted by Gasteiger charge is 1.84. The molecule has 61 valence electrons. The first-order valence-electron chi connectivity index (χ1n) is 4.14. The van der Waals surface area contributed by atoms with Crippen LogP contribution in [0.5, 0.6) is 0 Å². The molecule has 1 aromatic carbocycles. The first-order valence-corrected chi connectivity index (χ1v) is 4.14. The number of hydrogen-bond acceptors (Lipinski definition) is 0. The molecule has 0 spiro atoms. The van der Waals surface area contributed by atoms with Gasteiger partial charge in [0.05, 0.1) is 0 Å². The van der Waals surface area contributed by atoms with Crippen molar-refractivity contribution in [3.63, 3.8) is 0 Å². The largest absolute Gasteiger partial charge is 0.103 e. The monoisotopic (exact) mass is 157 g/mol. The first kappa shape index (κ1) is 8.79. The van der Waals surface area contributed by atoms with Crippen LogP contribution in [0, 0.1) is 6.07 Å². The Morgan fingerprint density at radius 2 is 2.00 bits per heavy atom. The smallest absolute Gasteiger partial charge is 0.00973 e. The minimum Gasteiger partial charge on any atom is -0.103 e. The van der Waals surface area contributed by atoms with E-state index in [1.165, 1.54) is 5.56 Å². The van der Waals surface area contributed by atoms with Crippen molar-refractivity contribution in [2.45, 2.75) is 12.8 Å². The standard InChI is InChI=1S/C12H13/c1-2-3-4-6-9-12-10-7-5-8-11-12/h2,4,6-8,10-11H,1,3,9H2. The lowest BCUT2D eigenvalue weighted by molar-refractivity contribution is 1.24. The molecule has 0 atom stereocenters. The molecule has 1 aromatic rings. The zero-order valence-electron chi connectivity index (χ0n) is 7.16. The Morgan fingerprint density at radius 1 is 1.25 bits per heavy atom. The Balaban J connectivity index is 2.38. The van der Waals surface area contributed by atoms with E-state index in [-0.39, 0.29) is 0 Å². The average Bonchev–Trinajstić information content (AvgIpc) is 2.14. The van der Waals surface area contributed by atoms with E-state index in [2.05, 4.69) is 36.9 Å². The predicted molar refractivity (Wildman–Crippen MR) is 52.9 cm³/mol. The highest BCUT2D eigenvalue weighted by atomic mass is 13.9. The maximum absolute atomic E-state index is 3.65. The maximum atomic E-state index is 3.65. The quantitative estimate of drug-likeness (QED) is 0.589. The molecule has 0 unspecified atom stereocenters. The summed E-state index contributed by atoms with van der Waals surface area (Å²) in [6.07, 6.45) is 8.15. The van der Waals surface area contributed by atoms with E-state index in [1.807, 2.05) is 18.2 Å². The van der Waals surface area contributed by atoms with Crippen molar-refractivity contribution < 1.29 is 0 Å². The van der Waals surface area contributed by atoms with Gasteiger partial charge in [0, 0.05) is 0 Å². The molecule has 0 heterocycles. The topological polar surface area (TPSA) is 0 Å². The summed E-state index contributed by atoms with van der Waals surface area (Å²) in [6, 6.07) is 11.0. The first-order chi connectivity index (χ1) is 5.93. The molecule has 0 aromatic heterocycles. The molecule has 0 bridgehead atoms. The lowest BCUT2D eigenvalue weighted by Crippen LogP contribution is -1.77. The second kappa shape index (κ2) is 5.36. The van der Waals surface area contributed by atoms with Gasteiger partial charge in [0.25, 0.3) is 0 Å². The Kier molecular flexibility index (Phi) is 3.93. The van der Waals surface area contributed by atoms with Crippen molar-refractivity contribution >= 4 is 0 Å². The molecular formula is C12H13. The van der Waals surface area contributed by atoms with E-state index >= 15 is 0 Å². The van der Waals surface area contributed by atoms with Crippen LogP contribution in [-0.4, -0.2) is 0 Å². The van der Waals surface area contributed by atoms with Gasteiger partial charge in [0.1, 0.15) is 0 Å². The van der Waals surface area contributed by atoms with Crippen LogP contribution in [0.1, 0.15) is 12.0 Å². The number of rotatable bonds is 4. The van der Waals surface area contributed by atoms with Crippen molar-refractivity contribution in [2.24, 2.45) is 0 Å². The van der Waals surface area contributed by atoms with Crippen LogP contribution < -0.4 is 0 Å². The van der Waals surface area contributed by atoms with Crippen LogP contribution in [0.2, 0.25) is 0 Å². The second-order valence-electron chi connectivity index (χ2n) is 2.61. The van der Waals surface area contributed by atoms with Gasteiger partial charge in [-0.2, -0.15) is 0 Å². The van der Waals surface area contributed by atoms with Gasteiger partial charge < -0.3 is 0 Å². The van der Waals surface area contributed by atoms with Gasteiger partial charge in [-0.1, -0.05) is 42.5 Å². The van der Waals surface area contributed by atoms with E-state index in [0.717, 1.165) is 12.8 Å². The van der Waals surface area contributed by atoms with Crippen LogP contribution in [0.3, 0.4) is 0 Å².